The number of fused-ring (bicyclic) bond motifs is 5. The number of hydrogen-bond acceptors (Lipinski definition) is 6. The molecule has 0 aliphatic heterocycles. The number of imidazole rings is 1. The fourth-order valence-electron chi connectivity index (χ4n) is 7.10. The summed E-state index contributed by atoms with van der Waals surface area (Å²) in [6.45, 7) is 0. The molecule has 0 saturated carbocycles. The zero-order chi connectivity index (χ0) is 33.7. The summed E-state index contributed by atoms with van der Waals surface area (Å²) in [6, 6.07) is 47.7. The minimum atomic E-state index is 0.595. The molecule has 0 radical (unpaired) electrons. The molecule has 0 aliphatic carbocycles. The van der Waals surface area contributed by atoms with Crippen LogP contribution in [0.4, 0.5) is 0 Å². The third-order valence-electron chi connectivity index (χ3n) is 9.40. The highest BCUT2D eigenvalue weighted by atomic mass is 15.1. The summed E-state index contributed by atoms with van der Waals surface area (Å²) in [7, 11) is 0. The molecule has 5 aromatic heterocycles. The maximum Gasteiger partial charge on any atom is 0.161 e. The highest BCUT2D eigenvalue weighted by Gasteiger charge is 2.20. The molecule has 0 saturated heterocycles. The lowest BCUT2D eigenvalue weighted by atomic mass is 9.95. The van der Waals surface area contributed by atoms with Crippen molar-refractivity contribution in [2.75, 3.05) is 0 Å². The van der Waals surface area contributed by atoms with Crippen LogP contribution in [-0.2, 0) is 0 Å². The topological polar surface area (TPSA) is 82.3 Å². The SMILES string of the molecule is c1ccc(-n2c(-c3ccc(-c4cc(-c5cc6cccnc6c6ncccc56)nc(-c5cccnc5)n4)c4ccccc34)nc3ccccc32)cc1. The smallest absolute Gasteiger partial charge is 0.161 e. The first kappa shape index (κ1) is 28.9. The van der Waals surface area contributed by atoms with Crippen molar-refractivity contribution in [3.8, 4) is 51.0 Å². The molecule has 0 aliphatic rings. The largest absolute Gasteiger partial charge is 0.292 e. The Morgan fingerprint density at radius 3 is 2.00 bits per heavy atom. The summed E-state index contributed by atoms with van der Waals surface area (Å²) in [5.41, 5.74) is 10.2. The summed E-state index contributed by atoms with van der Waals surface area (Å²) in [5, 5.41) is 4.12. The van der Waals surface area contributed by atoms with Gasteiger partial charge in [-0.2, -0.15) is 0 Å². The predicted octanol–water partition coefficient (Wildman–Crippen LogP) is 10.1. The van der Waals surface area contributed by atoms with Crippen molar-refractivity contribution < 1.29 is 0 Å². The summed E-state index contributed by atoms with van der Waals surface area (Å²) in [5.74, 6) is 1.48. The third-order valence-corrected chi connectivity index (χ3v) is 9.40. The lowest BCUT2D eigenvalue weighted by Crippen LogP contribution is -1.99. The Morgan fingerprint density at radius 1 is 0.471 bits per heavy atom. The van der Waals surface area contributed by atoms with Crippen molar-refractivity contribution in [1.29, 1.82) is 0 Å². The monoisotopic (exact) mass is 653 g/mol. The van der Waals surface area contributed by atoms with E-state index in [9.17, 15) is 0 Å². The fourth-order valence-corrected chi connectivity index (χ4v) is 7.10. The molecule has 5 heterocycles. The molecule has 5 aromatic carbocycles. The Balaban J connectivity index is 1.23. The minimum absolute atomic E-state index is 0.595. The van der Waals surface area contributed by atoms with E-state index in [2.05, 4.69) is 118 Å². The number of aromatic nitrogens is 7. The summed E-state index contributed by atoms with van der Waals surface area (Å²) < 4.78 is 2.24. The van der Waals surface area contributed by atoms with E-state index in [4.69, 9.17) is 19.9 Å². The molecule has 7 nitrogen and oxygen atoms in total. The van der Waals surface area contributed by atoms with E-state index >= 15 is 0 Å². The molecule has 0 amide bonds. The van der Waals surface area contributed by atoms with E-state index in [1.807, 2.05) is 55.0 Å². The van der Waals surface area contributed by atoms with E-state index in [1.165, 1.54) is 0 Å². The average Bonchev–Trinajstić information content (AvgIpc) is 3.60. The zero-order valence-electron chi connectivity index (χ0n) is 27.2. The Labute approximate surface area is 292 Å². The van der Waals surface area contributed by atoms with Gasteiger partial charge in [0.15, 0.2) is 5.82 Å². The fraction of sp³-hybridized carbons (Fsp3) is 0. The molecule has 0 atom stereocenters. The molecule has 0 fully saturated rings. The van der Waals surface area contributed by atoms with E-state index in [1.54, 1.807) is 6.20 Å². The predicted molar refractivity (Wildman–Crippen MR) is 204 cm³/mol. The van der Waals surface area contributed by atoms with E-state index < -0.39 is 0 Å². The lowest BCUT2D eigenvalue weighted by Gasteiger charge is -2.15. The van der Waals surface area contributed by atoms with Gasteiger partial charge in [-0.3, -0.25) is 19.5 Å². The lowest BCUT2D eigenvalue weighted by molar-refractivity contribution is 1.11. The van der Waals surface area contributed by atoms with Gasteiger partial charge in [-0.15, -0.1) is 0 Å². The second-order valence-electron chi connectivity index (χ2n) is 12.4. The van der Waals surface area contributed by atoms with Crippen molar-refractivity contribution >= 4 is 43.6 Å². The van der Waals surface area contributed by atoms with Crippen molar-refractivity contribution in [3.05, 3.63) is 164 Å². The van der Waals surface area contributed by atoms with Crippen LogP contribution in [0, 0.1) is 0 Å². The van der Waals surface area contributed by atoms with Crippen LogP contribution in [0.2, 0.25) is 0 Å². The number of para-hydroxylation sites is 3. The normalized spacial score (nSPS) is 11.5. The van der Waals surface area contributed by atoms with E-state index in [0.29, 0.717) is 5.82 Å². The molecular weight excluding hydrogens is 627 g/mol. The number of pyridine rings is 3. The van der Waals surface area contributed by atoms with Crippen molar-refractivity contribution in [2.24, 2.45) is 0 Å². The number of rotatable bonds is 5. The average molecular weight is 654 g/mol. The van der Waals surface area contributed by atoms with Crippen molar-refractivity contribution in [2.45, 2.75) is 0 Å². The second kappa shape index (κ2) is 11.8. The van der Waals surface area contributed by atoms with Crippen molar-refractivity contribution in [3.63, 3.8) is 0 Å². The van der Waals surface area contributed by atoms with Gasteiger partial charge in [-0.1, -0.05) is 72.8 Å². The minimum Gasteiger partial charge on any atom is -0.292 e. The van der Waals surface area contributed by atoms with Gasteiger partial charge in [-0.05, 0) is 77.5 Å². The molecule has 0 N–H and O–H groups in total. The first-order valence-corrected chi connectivity index (χ1v) is 16.8. The van der Waals surface area contributed by atoms with Gasteiger partial charge in [0.05, 0.1) is 33.5 Å². The van der Waals surface area contributed by atoms with Gasteiger partial charge in [-0.25, -0.2) is 15.0 Å². The van der Waals surface area contributed by atoms with Gasteiger partial charge in [0, 0.05) is 63.5 Å². The maximum absolute atomic E-state index is 5.19. The highest BCUT2D eigenvalue weighted by molar-refractivity contribution is 6.10. The molecule has 7 heteroatoms. The van der Waals surface area contributed by atoms with Crippen LogP contribution in [0.15, 0.2) is 164 Å². The Bertz CT molecular complexity index is 2920. The van der Waals surface area contributed by atoms with Gasteiger partial charge in [0.2, 0.25) is 0 Å². The van der Waals surface area contributed by atoms with Crippen LogP contribution in [0.5, 0.6) is 0 Å². The van der Waals surface area contributed by atoms with Crippen LogP contribution < -0.4 is 0 Å². The molecule has 0 unspecified atom stereocenters. The van der Waals surface area contributed by atoms with Crippen LogP contribution >= 0.6 is 0 Å². The van der Waals surface area contributed by atoms with Crippen molar-refractivity contribution in [1.82, 2.24) is 34.5 Å². The maximum atomic E-state index is 5.19. The molecular formula is C44H27N7. The first-order valence-electron chi connectivity index (χ1n) is 16.8. The molecule has 51 heavy (non-hydrogen) atoms. The Morgan fingerprint density at radius 2 is 1.16 bits per heavy atom. The Hall–Kier alpha value is -7.12. The number of benzene rings is 5. The zero-order valence-corrected chi connectivity index (χ0v) is 27.2. The molecule has 238 valence electrons. The summed E-state index contributed by atoms with van der Waals surface area (Å²) in [6.07, 6.45) is 7.19. The molecule has 0 spiro atoms. The van der Waals surface area contributed by atoms with Gasteiger partial charge >= 0.3 is 0 Å². The van der Waals surface area contributed by atoms with Crippen LogP contribution in [0.25, 0.3) is 94.6 Å². The van der Waals surface area contributed by atoms with E-state index in [0.717, 1.165) is 88.8 Å². The standard InChI is InChI=1S/C44H27N7/c1-2-13-30(14-3-1)51-40-19-7-6-18-37(40)50-44(51)35-21-20-33(31-15-4-5-16-32(31)35)38-26-39(49-43(48-38)29-12-8-22-45-27-29)36-25-28-11-9-23-46-41(28)42-34(36)17-10-24-47-42/h1-27H. The summed E-state index contributed by atoms with van der Waals surface area (Å²) in [4.78, 5) is 29.4. The van der Waals surface area contributed by atoms with Crippen LogP contribution in [-0.4, -0.2) is 34.5 Å². The quantitative estimate of drug-likeness (QED) is 0.172. The second-order valence-corrected chi connectivity index (χ2v) is 12.4. The number of nitrogens with zero attached hydrogens (tertiary/aromatic N) is 7. The number of hydrogen-bond donors (Lipinski definition) is 0. The molecule has 10 rings (SSSR count). The third kappa shape index (κ3) is 4.82. The highest BCUT2D eigenvalue weighted by Crippen LogP contribution is 2.40. The van der Waals surface area contributed by atoms with Crippen LogP contribution in [0.3, 0.4) is 0 Å². The van der Waals surface area contributed by atoms with Gasteiger partial charge in [0.1, 0.15) is 5.82 Å². The van der Waals surface area contributed by atoms with Crippen LogP contribution in [0.1, 0.15) is 0 Å². The molecule has 10 aromatic rings. The first-order chi connectivity index (χ1) is 25.3. The van der Waals surface area contributed by atoms with Gasteiger partial charge < -0.3 is 0 Å². The summed E-state index contributed by atoms with van der Waals surface area (Å²) >= 11 is 0. The van der Waals surface area contributed by atoms with Gasteiger partial charge in [0.25, 0.3) is 0 Å². The Kier molecular flexibility index (Phi) is 6.67. The van der Waals surface area contributed by atoms with E-state index in [-0.39, 0.29) is 0 Å². The molecule has 0 bridgehead atoms.